The van der Waals surface area contributed by atoms with Crippen LogP contribution in [0, 0.1) is 31.1 Å². The van der Waals surface area contributed by atoms with Crippen LogP contribution in [0.15, 0.2) is 57.4 Å². The minimum atomic E-state index is -0.768. The number of aliphatic carboxylic acids is 1. The summed E-state index contributed by atoms with van der Waals surface area (Å²) in [5, 5.41) is 19.4. The second-order valence-electron chi connectivity index (χ2n) is 13.4. The van der Waals surface area contributed by atoms with Gasteiger partial charge in [0.25, 0.3) is 0 Å². The number of likely N-dealkylation sites (tertiary alicyclic amines) is 2. The van der Waals surface area contributed by atoms with Crippen LogP contribution >= 0.6 is 0 Å². The molecule has 3 aliphatic rings. The number of carbonyl (C=O) groups excluding carboxylic acids is 1. The maximum Gasteiger partial charge on any atom is 0.307 e. The van der Waals surface area contributed by atoms with Gasteiger partial charge in [-0.3, -0.25) is 19.4 Å². The van der Waals surface area contributed by atoms with Gasteiger partial charge in [0, 0.05) is 24.2 Å². The zero-order chi connectivity index (χ0) is 33.8. The fourth-order valence-electron chi connectivity index (χ4n) is 7.30. The van der Waals surface area contributed by atoms with E-state index in [-0.39, 0.29) is 11.8 Å². The van der Waals surface area contributed by atoms with Gasteiger partial charge in [0.15, 0.2) is 5.58 Å². The van der Waals surface area contributed by atoms with Crippen molar-refractivity contribution in [1.29, 1.82) is 5.26 Å². The Bertz CT molecular complexity index is 2150. The van der Waals surface area contributed by atoms with E-state index in [9.17, 15) is 20.0 Å². The van der Waals surface area contributed by atoms with Crippen LogP contribution in [0.5, 0.6) is 0 Å². The molecule has 1 amide bonds. The number of carbonyl (C=O) groups is 2. The highest BCUT2D eigenvalue weighted by Gasteiger charge is 2.31. The van der Waals surface area contributed by atoms with Crippen molar-refractivity contribution >= 4 is 23.0 Å². The third-order valence-corrected chi connectivity index (χ3v) is 10.2. The molecule has 0 aliphatic carbocycles. The number of fused-ring (bicyclic) bond motifs is 2. The Morgan fingerprint density at radius 2 is 1.61 bits per heavy atom. The second-order valence-corrected chi connectivity index (χ2v) is 13.4. The summed E-state index contributed by atoms with van der Waals surface area (Å²) < 4.78 is 12.5. The van der Waals surface area contributed by atoms with Crippen LogP contribution in [0.1, 0.15) is 46.5 Å². The van der Waals surface area contributed by atoms with Crippen molar-refractivity contribution in [2.45, 2.75) is 46.3 Å². The number of oxazole rings is 2. The van der Waals surface area contributed by atoms with E-state index in [2.05, 4.69) is 34.9 Å². The van der Waals surface area contributed by atoms with Gasteiger partial charge in [0.2, 0.25) is 17.7 Å². The lowest BCUT2D eigenvalue weighted by atomic mass is 9.91. The van der Waals surface area contributed by atoms with Gasteiger partial charge < -0.3 is 18.8 Å². The van der Waals surface area contributed by atoms with Crippen LogP contribution in [-0.2, 0) is 29.2 Å². The molecule has 8 rings (SSSR count). The molecule has 11 nitrogen and oxygen atoms in total. The van der Waals surface area contributed by atoms with Gasteiger partial charge in [-0.1, -0.05) is 24.3 Å². The van der Waals surface area contributed by atoms with E-state index in [0.717, 1.165) is 69.9 Å². The normalized spacial score (nSPS) is 17.7. The van der Waals surface area contributed by atoms with Gasteiger partial charge in [0.1, 0.15) is 23.0 Å². The summed E-state index contributed by atoms with van der Waals surface area (Å²) in [6.07, 6.45) is 1.77. The van der Waals surface area contributed by atoms with E-state index in [4.69, 9.17) is 18.8 Å². The highest BCUT2D eigenvalue weighted by atomic mass is 16.4. The molecule has 0 bridgehead atoms. The van der Waals surface area contributed by atoms with Crippen molar-refractivity contribution in [2.75, 3.05) is 32.7 Å². The summed E-state index contributed by atoms with van der Waals surface area (Å²) in [5.74, 6) is 0.715. The van der Waals surface area contributed by atoms with E-state index in [1.807, 2.05) is 48.2 Å². The van der Waals surface area contributed by atoms with Crippen LogP contribution < -0.4 is 0 Å². The third kappa shape index (κ3) is 5.67. The lowest BCUT2D eigenvalue weighted by molar-refractivity contribution is -0.141. The molecule has 2 saturated heterocycles. The molecule has 1 unspecified atom stereocenters. The largest absolute Gasteiger partial charge is 0.481 e. The van der Waals surface area contributed by atoms with Gasteiger partial charge in [-0.05, 0) is 98.4 Å². The Hall–Kier alpha value is -5.31. The van der Waals surface area contributed by atoms with Crippen molar-refractivity contribution in [2.24, 2.45) is 5.92 Å². The fraction of sp³-hybridized carbons (Fsp3) is 0.342. The van der Waals surface area contributed by atoms with Crippen LogP contribution in [0.2, 0.25) is 0 Å². The van der Waals surface area contributed by atoms with Crippen molar-refractivity contribution in [3.63, 3.8) is 0 Å². The topological polar surface area (TPSA) is 140 Å². The maximum atomic E-state index is 12.7. The highest BCUT2D eigenvalue weighted by molar-refractivity contribution is 5.85. The molecule has 0 saturated carbocycles. The number of rotatable bonds is 8. The van der Waals surface area contributed by atoms with Crippen molar-refractivity contribution in [3.05, 3.63) is 82.2 Å². The zero-order valence-corrected chi connectivity index (χ0v) is 27.5. The Kier molecular flexibility index (Phi) is 7.77. The number of amides is 1. The molecule has 3 aliphatic heterocycles. The van der Waals surface area contributed by atoms with Gasteiger partial charge >= 0.3 is 5.97 Å². The van der Waals surface area contributed by atoms with Crippen molar-refractivity contribution < 1.29 is 23.5 Å². The van der Waals surface area contributed by atoms with E-state index in [1.165, 1.54) is 0 Å². The van der Waals surface area contributed by atoms with Crippen molar-refractivity contribution in [1.82, 2.24) is 24.7 Å². The van der Waals surface area contributed by atoms with E-state index >= 15 is 0 Å². The summed E-state index contributed by atoms with van der Waals surface area (Å²) in [7, 11) is 0. The lowest BCUT2D eigenvalue weighted by Crippen LogP contribution is -2.44. The van der Waals surface area contributed by atoms with Crippen LogP contribution in [0.25, 0.3) is 45.1 Å². The molecule has 2 fully saturated rings. The molecule has 1 N–H and O–H groups in total. The zero-order valence-electron chi connectivity index (χ0n) is 27.5. The van der Waals surface area contributed by atoms with Crippen molar-refractivity contribution in [3.8, 4) is 40.1 Å². The molecule has 49 heavy (non-hydrogen) atoms. The monoisotopic (exact) mass is 656 g/mol. The lowest BCUT2D eigenvalue weighted by Gasteiger charge is -2.31. The number of benzene rings is 3. The number of carboxylic acid groups (broad SMARTS) is 1. The minimum absolute atomic E-state index is 0.115. The first-order valence-electron chi connectivity index (χ1n) is 16.7. The van der Waals surface area contributed by atoms with Gasteiger partial charge in [-0.25, -0.2) is 9.97 Å². The van der Waals surface area contributed by atoms with Crippen LogP contribution in [0.4, 0.5) is 0 Å². The number of hydrogen-bond acceptors (Lipinski definition) is 9. The number of carboxylic acids is 1. The molecular formula is C38H36N6O5. The Labute approximate surface area is 283 Å². The third-order valence-electron chi connectivity index (χ3n) is 10.2. The van der Waals surface area contributed by atoms with E-state index in [0.29, 0.717) is 74.1 Å². The van der Waals surface area contributed by atoms with Crippen LogP contribution in [0.3, 0.4) is 0 Å². The average molecular weight is 657 g/mol. The number of nitriles is 1. The van der Waals surface area contributed by atoms with Gasteiger partial charge in [0.05, 0.1) is 31.1 Å². The molecule has 0 radical (unpaired) electrons. The van der Waals surface area contributed by atoms with E-state index in [1.54, 1.807) is 0 Å². The Balaban J connectivity index is 1.06. The summed E-state index contributed by atoms with van der Waals surface area (Å²) in [6.45, 7) is 9.17. The molecular weight excluding hydrogens is 620 g/mol. The molecule has 5 aromatic rings. The predicted octanol–water partition coefficient (Wildman–Crippen LogP) is 5.76. The number of nitrogens with zero attached hydrogens (tertiary/aromatic N) is 6. The first kappa shape index (κ1) is 31.0. The first-order chi connectivity index (χ1) is 23.7. The molecule has 1 atom stereocenters. The summed E-state index contributed by atoms with van der Waals surface area (Å²) in [5.41, 5.74) is 8.93. The highest BCUT2D eigenvalue weighted by Crippen LogP contribution is 2.39. The minimum Gasteiger partial charge on any atom is -0.481 e. The second kappa shape index (κ2) is 12.3. The molecule has 248 valence electrons. The standard InChI is InChI=1S/C38H36N6O5/c1-22-27(6-3-8-29(22)36-41-32-19-44(20-33(32)48-36)34(45)21-42-11-5-12-42)28-7-4-9-30(23(28)2)37-40-31-15-24(14-26(16-39)35(31)49-37)17-43-13-10-25(18-43)38(46)47/h3-4,6-9,14-15,25H,5,10-13,17-21H2,1-2H3,(H,46,47). The van der Waals surface area contributed by atoms with Crippen LogP contribution in [-0.4, -0.2) is 74.4 Å². The SMILES string of the molecule is Cc1c(-c2nc3c(o2)CN(C(=O)CN2CCC2)C3)cccc1-c1cccc(-c2nc3cc(CN4CCC(C(=O)O)C4)cc(C#N)c3o2)c1C. The first-order valence-corrected chi connectivity index (χ1v) is 16.7. The summed E-state index contributed by atoms with van der Waals surface area (Å²) in [6, 6.07) is 18.1. The molecule has 2 aromatic heterocycles. The number of aromatic nitrogens is 2. The quantitative estimate of drug-likeness (QED) is 0.219. The number of hydrogen-bond donors (Lipinski definition) is 1. The molecule has 0 spiro atoms. The maximum absolute atomic E-state index is 12.7. The Morgan fingerprint density at radius 1 is 0.918 bits per heavy atom. The fourth-order valence-corrected chi connectivity index (χ4v) is 7.30. The summed E-state index contributed by atoms with van der Waals surface area (Å²) in [4.78, 5) is 39.9. The molecule has 3 aromatic carbocycles. The average Bonchev–Trinajstić information content (AvgIpc) is 3.86. The Morgan fingerprint density at radius 3 is 2.22 bits per heavy atom. The molecule has 5 heterocycles. The van der Waals surface area contributed by atoms with Gasteiger partial charge in [-0.2, -0.15) is 5.26 Å². The molecule has 11 heteroatoms. The van der Waals surface area contributed by atoms with Gasteiger partial charge in [-0.15, -0.1) is 0 Å². The van der Waals surface area contributed by atoms with E-state index < -0.39 is 5.97 Å². The predicted molar refractivity (Wildman–Crippen MR) is 181 cm³/mol. The smallest absolute Gasteiger partial charge is 0.307 e. The summed E-state index contributed by atoms with van der Waals surface area (Å²) >= 11 is 0.